The minimum absolute atomic E-state index is 0.00917. The summed E-state index contributed by atoms with van der Waals surface area (Å²) in [5.41, 5.74) is 1.38. The summed E-state index contributed by atoms with van der Waals surface area (Å²) >= 11 is 0. The van der Waals surface area contributed by atoms with E-state index in [1.807, 2.05) is 6.92 Å². The average Bonchev–Trinajstić information content (AvgIpc) is 2.75. The predicted molar refractivity (Wildman–Crippen MR) is 116 cm³/mol. The smallest absolute Gasteiger partial charge is 0.339 e. The summed E-state index contributed by atoms with van der Waals surface area (Å²) in [6, 6.07) is 18.4. The van der Waals surface area contributed by atoms with Crippen LogP contribution in [0.2, 0.25) is 0 Å². The molecule has 0 spiro atoms. The van der Waals surface area contributed by atoms with Crippen LogP contribution in [0, 0.1) is 6.92 Å². The van der Waals surface area contributed by atoms with E-state index in [2.05, 4.69) is 9.93 Å². The molecular weight excluding hydrogens is 440 g/mol. The number of methoxy groups -OCH3 is 1. The van der Waals surface area contributed by atoms with Crippen LogP contribution in [0.5, 0.6) is 11.5 Å². The average molecular weight is 461 g/mol. The molecule has 0 aliphatic carbocycles. The van der Waals surface area contributed by atoms with Crippen LogP contribution in [-0.2, 0) is 20.1 Å². The summed E-state index contributed by atoms with van der Waals surface area (Å²) in [6.07, 6.45) is 1.27. The Morgan fingerprint density at radius 1 is 0.839 bits per heavy atom. The summed E-state index contributed by atoms with van der Waals surface area (Å²) in [5, 5.41) is 3.75. The molecule has 8 nitrogen and oxygen atoms in total. The van der Waals surface area contributed by atoms with Gasteiger partial charge in [-0.05, 0) is 55.0 Å². The van der Waals surface area contributed by atoms with Crippen molar-refractivity contribution in [2.45, 2.75) is 16.7 Å². The van der Waals surface area contributed by atoms with Crippen LogP contribution < -0.4 is 13.8 Å². The Balaban J connectivity index is 1.77. The minimum atomic E-state index is -4.05. The summed E-state index contributed by atoms with van der Waals surface area (Å²) in [7, 11) is -6.48. The molecule has 0 aromatic heterocycles. The number of nitrogens with one attached hydrogen (secondary N) is 1. The van der Waals surface area contributed by atoms with E-state index in [1.165, 1.54) is 55.8 Å². The van der Waals surface area contributed by atoms with Crippen LogP contribution in [0.25, 0.3) is 0 Å². The fourth-order valence-electron chi connectivity index (χ4n) is 2.53. The zero-order valence-corrected chi connectivity index (χ0v) is 18.4. The van der Waals surface area contributed by atoms with Gasteiger partial charge >= 0.3 is 10.1 Å². The molecule has 3 aromatic rings. The first kappa shape index (κ1) is 22.3. The zero-order valence-electron chi connectivity index (χ0n) is 16.7. The first-order valence-corrected chi connectivity index (χ1v) is 11.9. The van der Waals surface area contributed by atoms with E-state index < -0.39 is 20.1 Å². The Hall–Kier alpha value is -3.37. The Morgan fingerprint density at radius 3 is 2.16 bits per heavy atom. The lowest BCUT2D eigenvalue weighted by molar-refractivity contribution is 0.390. The molecule has 0 aliphatic heterocycles. The van der Waals surface area contributed by atoms with Crippen molar-refractivity contribution < 1.29 is 25.8 Å². The fraction of sp³-hybridized carbons (Fsp3) is 0.0952. The molecule has 0 saturated carbocycles. The highest BCUT2D eigenvalue weighted by Crippen LogP contribution is 2.30. The third-order valence-electron chi connectivity index (χ3n) is 4.14. The maximum absolute atomic E-state index is 12.5. The van der Waals surface area contributed by atoms with Crippen molar-refractivity contribution in [3.63, 3.8) is 0 Å². The Labute approximate surface area is 181 Å². The number of ether oxygens (including phenoxy) is 1. The van der Waals surface area contributed by atoms with Gasteiger partial charge in [0, 0.05) is 0 Å². The molecule has 10 heteroatoms. The number of nitrogens with zero attached hydrogens (tertiary/aromatic N) is 1. The first-order chi connectivity index (χ1) is 14.7. The van der Waals surface area contributed by atoms with Crippen molar-refractivity contribution in [2.75, 3.05) is 7.11 Å². The topological polar surface area (TPSA) is 111 Å². The number of hydrogen-bond donors (Lipinski definition) is 1. The number of aryl methyl sites for hydroxylation is 1. The quantitative estimate of drug-likeness (QED) is 0.314. The van der Waals surface area contributed by atoms with Crippen molar-refractivity contribution in [3.8, 4) is 11.5 Å². The molecule has 0 bridgehead atoms. The highest BCUT2D eigenvalue weighted by atomic mass is 32.2. The Morgan fingerprint density at radius 2 is 1.52 bits per heavy atom. The highest BCUT2D eigenvalue weighted by molar-refractivity contribution is 7.89. The SMILES string of the molecule is COc1cc(/C=N/NS(=O)(=O)c2ccccc2)ccc1OS(=O)(=O)c1ccc(C)cc1. The van der Waals surface area contributed by atoms with Crippen molar-refractivity contribution in [1.82, 2.24) is 4.83 Å². The molecule has 3 aromatic carbocycles. The van der Waals surface area contributed by atoms with Crippen molar-refractivity contribution in [1.29, 1.82) is 0 Å². The molecular formula is C21H20N2O6S2. The highest BCUT2D eigenvalue weighted by Gasteiger charge is 2.19. The summed E-state index contributed by atoms with van der Waals surface area (Å²) < 4.78 is 59.8. The number of hydrazone groups is 1. The molecule has 31 heavy (non-hydrogen) atoms. The van der Waals surface area contributed by atoms with Gasteiger partial charge in [0.2, 0.25) is 0 Å². The van der Waals surface area contributed by atoms with Gasteiger partial charge in [0.05, 0.1) is 18.2 Å². The maximum atomic E-state index is 12.5. The van der Waals surface area contributed by atoms with Crippen LogP contribution in [0.4, 0.5) is 0 Å². The number of hydrogen-bond acceptors (Lipinski definition) is 7. The van der Waals surface area contributed by atoms with Crippen molar-refractivity contribution in [2.24, 2.45) is 5.10 Å². The van der Waals surface area contributed by atoms with Crippen LogP contribution in [0.3, 0.4) is 0 Å². The van der Waals surface area contributed by atoms with Gasteiger partial charge < -0.3 is 8.92 Å². The minimum Gasteiger partial charge on any atom is -0.493 e. The van der Waals surface area contributed by atoms with Gasteiger partial charge in [0.15, 0.2) is 11.5 Å². The standard InChI is InChI=1S/C21H20N2O6S2/c1-16-8-11-19(12-9-16)31(26,27)29-20-13-10-17(14-21(20)28-2)15-22-23-30(24,25)18-6-4-3-5-7-18/h3-15,23H,1-2H3/b22-15+. The van der Waals surface area contributed by atoms with Gasteiger partial charge in [0.1, 0.15) is 4.90 Å². The summed E-state index contributed by atoms with van der Waals surface area (Å²) in [4.78, 5) is 2.21. The molecule has 0 unspecified atom stereocenters. The van der Waals surface area contributed by atoms with Crippen LogP contribution in [-0.4, -0.2) is 30.2 Å². The second-order valence-corrected chi connectivity index (χ2v) is 9.63. The van der Waals surface area contributed by atoms with Crippen LogP contribution in [0.15, 0.2) is 87.7 Å². The first-order valence-electron chi connectivity index (χ1n) is 9.00. The lowest BCUT2D eigenvalue weighted by atomic mass is 10.2. The van der Waals surface area contributed by atoms with Crippen LogP contribution >= 0.6 is 0 Å². The maximum Gasteiger partial charge on any atom is 0.339 e. The molecule has 0 amide bonds. The van der Waals surface area contributed by atoms with E-state index in [9.17, 15) is 16.8 Å². The predicted octanol–water partition coefficient (Wildman–Crippen LogP) is 3.08. The molecule has 0 heterocycles. The number of rotatable bonds is 8. The van der Waals surface area contributed by atoms with Crippen molar-refractivity contribution >= 4 is 26.4 Å². The zero-order chi connectivity index (χ0) is 22.5. The lowest BCUT2D eigenvalue weighted by Gasteiger charge is -2.11. The normalized spacial score (nSPS) is 11.9. The second kappa shape index (κ2) is 9.19. The molecule has 0 radical (unpaired) electrons. The molecule has 162 valence electrons. The summed E-state index contributed by atoms with van der Waals surface area (Å²) in [6.45, 7) is 1.85. The third kappa shape index (κ3) is 5.62. The molecule has 3 rings (SSSR count). The van der Waals surface area contributed by atoms with Gasteiger partial charge in [0.25, 0.3) is 10.0 Å². The van der Waals surface area contributed by atoms with Gasteiger partial charge in [-0.15, -0.1) is 0 Å². The molecule has 0 saturated heterocycles. The summed E-state index contributed by atoms with van der Waals surface area (Å²) in [5.74, 6) is 0.135. The van der Waals surface area contributed by atoms with Gasteiger partial charge in [-0.25, -0.2) is 4.83 Å². The van der Waals surface area contributed by atoms with E-state index in [4.69, 9.17) is 8.92 Å². The Kier molecular flexibility index (Phi) is 6.62. The van der Waals surface area contributed by atoms with E-state index >= 15 is 0 Å². The van der Waals surface area contributed by atoms with E-state index in [1.54, 1.807) is 30.3 Å². The molecule has 0 atom stereocenters. The molecule has 0 aliphatic rings. The Bertz CT molecular complexity index is 1290. The van der Waals surface area contributed by atoms with Gasteiger partial charge in [-0.2, -0.15) is 21.9 Å². The van der Waals surface area contributed by atoms with E-state index in [-0.39, 0.29) is 21.3 Å². The third-order valence-corrected chi connectivity index (χ3v) is 6.62. The monoisotopic (exact) mass is 460 g/mol. The fourth-order valence-corrected chi connectivity index (χ4v) is 4.28. The second-order valence-electron chi connectivity index (χ2n) is 6.43. The molecule has 1 N–H and O–H groups in total. The van der Waals surface area contributed by atoms with Crippen LogP contribution in [0.1, 0.15) is 11.1 Å². The number of sulfonamides is 1. The van der Waals surface area contributed by atoms with Gasteiger partial charge in [-0.3, -0.25) is 0 Å². The van der Waals surface area contributed by atoms with E-state index in [0.717, 1.165) is 5.56 Å². The van der Waals surface area contributed by atoms with Crippen molar-refractivity contribution in [3.05, 3.63) is 83.9 Å². The lowest BCUT2D eigenvalue weighted by Crippen LogP contribution is -2.18. The van der Waals surface area contributed by atoms with E-state index in [0.29, 0.717) is 5.56 Å². The molecule has 0 fully saturated rings. The largest absolute Gasteiger partial charge is 0.493 e. The number of benzene rings is 3. The van der Waals surface area contributed by atoms with Gasteiger partial charge in [-0.1, -0.05) is 35.9 Å².